The molecule has 6 heteroatoms. The average Bonchev–Trinajstić information content (AvgIpc) is 2.59. The molecule has 1 aromatic carbocycles. The highest BCUT2D eigenvalue weighted by molar-refractivity contribution is 7.89. The molecule has 24 heavy (non-hydrogen) atoms. The molecule has 1 saturated heterocycles. The Balaban J connectivity index is 2.29. The normalized spacial score (nSPS) is 19.4. The van der Waals surface area contributed by atoms with Crippen molar-refractivity contribution in [3.8, 4) is 0 Å². The third-order valence-corrected chi connectivity index (χ3v) is 6.29. The van der Waals surface area contributed by atoms with Crippen LogP contribution in [-0.4, -0.2) is 49.2 Å². The highest BCUT2D eigenvalue weighted by atomic mass is 32.2. The van der Waals surface area contributed by atoms with Crippen molar-refractivity contribution in [2.45, 2.75) is 51.0 Å². The van der Waals surface area contributed by atoms with Crippen LogP contribution in [0.4, 0.5) is 0 Å². The van der Waals surface area contributed by atoms with E-state index in [9.17, 15) is 13.2 Å². The molecule has 0 bridgehead atoms. The fraction of sp³-hybridized carbons (Fsp3) is 0.611. The predicted molar refractivity (Wildman–Crippen MR) is 95.1 cm³/mol. The molecule has 134 valence electrons. The minimum absolute atomic E-state index is 0.0644. The summed E-state index contributed by atoms with van der Waals surface area (Å²) in [5, 5.41) is 0. The van der Waals surface area contributed by atoms with Crippen molar-refractivity contribution in [2.75, 3.05) is 19.6 Å². The van der Waals surface area contributed by atoms with Gasteiger partial charge in [-0.1, -0.05) is 38.5 Å². The maximum absolute atomic E-state index is 13.0. The van der Waals surface area contributed by atoms with Gasteiger partial charge in [0.25, 0.3) is 0 Å². The van der Waals surface area contributed by atoms with Crippen LogP contribution in [0.5, 0.6) is 0 Å². The highest BCUT2D eigenvalue weighted by Gasteiger charge is 2.39. The van der Waals surface area contributed by atoms with Crippen LogP contribution in [0.25, 0.3) is 0 Å². The van der Waals surface area contributed by atoms with E-state index in [-0.39, 0.29) is 10.8 Å². The average molecular weight is 353 g/mol. The molecule has 1 heterocycles. The molecule has 1 aliphatic heterocycles. The summed E-state index contributed by atoms with van der Waals surface area (Å²) in [5.41, 5.74) is 0. The number of likely N-dealkylation sites (N-methyl/N-ethyl adjacent to an activating group) is 1. The number of carbonyl (C=O) groups excluding carboxylic acids is 1. The van der Waals surface area contributed by atoms with Crippen LogP contribution in [0.1, 0.15) is 40.0 Å². The number of hydrogen-bond acceptors (Lipinski definition) is 3. The molecule has 0 radical (unpaired) electrons. The van der Waals surface area contributed by atoms with Gasteiger partial charge >= 0.3 is 0 Å². The number of carbonyl (C=O) groups is 1. The number of amides is 1. The monoisotopic (exact) mass is 352 g/mol. The van der Waals surface area contributed by atoms with Crippen molar-refractivity contribution in [1.82, 2.24) is 9.21 Å². The van der Waals surface area contributed by atoms with Crippen LogP contribution >= 0.6 is 0 Å². The molecule has 1 aliphatic rings. The SMILES string of the molecule is CCN(CC(C)C)C(=O)C1CCCCN1S(=O)(=O)c1ccccc1. The van der Waals surface area contributed by atoms with Gasteiger partial charge in [-0.15, -0.1) is 0 Å². The Morgan fingerprint density at radius 1 is 1.25 bits per heavy atom. The molecule has 0 N–H and O–H groups in total. The summed E-state index contributed by atoms with van der Waals surface area (Å²) in [7, 11) is -3.64. The Kier molecular flexibility index (Phi) is 6.40. The number of nitrogens with zero attached hydrogens (tertiary/aromatic N) is 2. The number of hydrogen-bond donors (Lipinski definition) is 0. The van der Waals surface area contributed by atoms with E-state index < -0.39 is 16.1 Å². The zero-order chi connectivity index (χ0) is 17.7. The van der Waals surface area contributed by atoms with Crippen molar-refractivity contribution in [1.29, 1.82) is 0 Å². The lowest BCUT2D eigenvalue weighted by atomic mass is 10.0. The maximum atomic E-state index is 13.0. The smallest absolute Gasteiger partial charge is 0.243 e. The van der Waals surface area contributed by atoms with Crippen LogP contribution in [0, 0.1) is 5.92 Å². The van der Waals surface area contributed by atoms with Gasteiger partial charge in [0.05, 0.1) is 4.90 Å². The third kappa shape index (κ3) is 4.16. The van der Waals surface area contributed by atoms with Gasteiger partial charge in [0.15, 0.2) is 0 Å². The van der Waals surface area contributed by atoms with Crippen LogP contribution in [-0.2, 0) is 14.8 Å². The van der Waals surface area contributed by atoms with Gasteiger partial charge in [-0.05, 0) is 37.8 Å². The van der Waals surface area contributed by atoms with Gasteiger partial charge < -0.3 is 4.90 Å². The largest absolute Gasteiger partial charge is 0.341 e. The van der Waals surface area contributed by atoms with Gasteiger partial charge in [-0.2, -0.15) is 4.31 Å². The molecule has 1 atom stereocenters. The molecule has 0 saturated carbocycles. The Bertz CT molecular complexity index is 643. The van der Waals surface area contributed by atoms with Crippen LogP contribution in [0.2, 0.25) is 0 Å². The predicted octanol–water partition coefficient (Wildman–Crippen LogP) is 2.73. The summed E-state index contributed by atoms with van der Waals surface area (Å²) in [5.74, 6) is 0.294. The van der Waals surface area contributed by atoms with E-state index in [1.165, 1.54) is 4.31 Å². The van der Waals surface area contributed by atoms with Gasteiger partial charge in [0, 0.05) is 19.6 Å². The first-order valence-electron chi connectivity index (χ1n) is 8.73. The van der Waals surface area contributed by atoms with E-state index in [0.29, 0.717) is 32.0 Å². The van der Waals surface area contributed by atoms with Gasteiger partial charge in [0.1, 0.15) is 6.04 Å². The molecular weight excluding hydrogens is 324 g/mol. The molecule has 1 fully saturated rings. The van der Waals surface area contributed by atoms with Crippen molar-refractivity contribution < 1.29 is 13.2 Å². The molecule has 0 aliphatic carbocycles. The molecule has 5 nitrogen and oxygen atoms in total. The first-order valence-corrected chi connectivity index (χ1v) is 10.2. The minimum atomic E-state index is -3.64. The van der Waals surface area contributed by atoms with E-state index >= 15 is 0 Å². The molecule has 2 rings (SSSR count). The number of rotatable bonds is 6. The topological polar surface area (TPSA) is 57.7 Å². The van der Waals surface area contributed by atoms with Gasteiger partial charge in [-0.25, -0.2) is 8.42 Å². The Morgan fingerprint density at radius 2 is 1.92 bits per heavy atom. The Morgan fingerprint density at radius 3 is 2.50 bits per heavy atom. The fourth-order valence-corrected chi connectivity index (χ4v) is 4.87. The van der Waals surface area contributed by atoms with Gasteiger partial charge in [0.2, 0.25) is 15.9 Å². The number of benzene rings is 1. The zero-order valence-electron chi connectivity index (χ0n) is 14.8. The molecule has 0 spiro atoms. The van der Waals surface area contributed by atoms with Gasteiger partial charge in [-0.3, -0.25) is 4.79 Å². The summed E-state index contributed by atoms with van der Waals surface area (Å²) in [6.45, 7) is 7.74. The lowest BCUT2D eigenvalue weighted by molar-refractivity contribution is -0.136. The minimum Gasteiger partial charge on any atom is -0.341 e. The Hall–Kier alpha value is -1.40. The lowest BCUT2D eigenvalue weighted by Crippen LogP contribution is -2.53. The number of sulfonamides is 1. The summed E-state index contributed by atoms with van der Waals surface area (Å²) < 4.78 is 27.4. The van der Waals surface area contributed by atoms with Crippen LogP contribution in [0.15, 0.2) is 35.2 Å². The van der Waals surface area contributed by atoms with E-state index in [4.69, 9.17) is 0 Å². The summed E-state index contributed by atoms with van der Waals surface area (Å²) in [4.78, 5) is 15.0. The van der Waals surface area contributed by atoms with Crippen molar-refractivity contribution in [3.05, 3.63) is 30.3 Å². The van der Waals surface area contributed by atoms with E-state index in [1.54, 1.807) is 35.2 Å². The lowest BCUT2D eigenvalue weighted by Gasteiger charge is -2.37. The highest BCUT2D eigenvalue weighted by Crippen LogP contribution is 2.26. The zero-order valence-corrected chi connectivity index (χ0v) is 15.6. The van der Waals surface area contributed by atoms with Crippen LogP contribution in [0.3, 0.4) is 0 Å². The first-order chi connectivity index (χ1) is 11.4. The summed E-state index contributed by atoms with van der Waals surface area (Å²) in [6.07, 6.45) is 2.28. The van der Waals surface area contributed by atoms with E-state index in [1.807, 2.05) is 6.92 Å². The van der Waals surface area contributed by atoms with Crippen molar-refractivity contribution in [2.24, 2.45) is 5.92 Å². The molecular formula is C18H28N2O3S. The molecule has 1 unspecified atom stereocenters. The fourth-order valence-electron chi connectivity index (χ4n) is 3.19. The third-order valence-electron chi connectivity index (χ3n) is 4.37. The number of piperidine rings is 1. The quantitative estimate of drug-likeness (QED) is 0.791. The molecule has 1 aromatic rings. The second kappa shape index (κ2) is 8.12. The second-order valence-corrected chi connectivity index (χ2v) is 8.60. The summed E-state index contributed by atoms with van der Waals surface area (Å²) >= 11 is 0. The Labute approximate surface area is 145 Å². The van der Waals surface area contributed by atoms with E-state index in [0.717, 1.165) is 12.8 Å². The summed E-state index contributed by atoms with van der Waals surface area (Å²) in [6, 6.07) is 7.83. The van der Waals surface area contributed by atoms with Crippen molar-refractivity contribution >= 4 is 15.9 Å². The molecule has 0 aromatic heterocycles. The van der Waals surface area contributed by atoms with Crippen LogP contribution < -0.4 is 0 Å². The van der Waals surface area contributed by atoms with Crippen molar-refractivity contribution in [3.63, 3.8) is 0 Å². The first kappa shape index (κ1) is 18.9. The van der Waals surface area contributed by atoms with E-state index in [2.05, 4.69) is 13.8 Å². The second-order valence-electron chi connectivity index (χ2n) is 6.71. The maximum Gasteiger partial charge on any atom is 0.243 e. The standard InChI is InChI=1S/C18H28N2O3S/c1-4-19(14-15(2)3)18(21)17-12-8-9-13-20(17)24(22,23)16-10-6-5-7-11-16/h5-7,10-11,15,17H,4,8-9,12-14H2,1-3H3. The molecule has 1 amide bonds.